The molecule has 0 radical (unpaired) electrons. The summed E-state index contributed by atoms with van der Waals surface area (Å²) in [5, 5.41) is 6.62. The summed E-state index contributed by atoms with van der Waals surface area (Å²) in [6, 6.07) is 6.17. The highest BCUT2D eigenvalue weighted by Gasteiger charge is 2.29. The zero-order chi connectivity index (χ0) is 38.0. The number of nitrogens with two attached hydrogens (primary N) is 1. The van der Waals surface area contributed by atoms with Crippen LogP contribution in [0.15, 0.2) is 29.4 Å². The van der Waals surface area contributed by atoms with E-state index in [-0.39, 0.29) is 63.1 Å². The smallest absolute Gasteiger partial charge is 0.410 e. The van der Waals surface area contributed by atoms with Crippen LogP contribution in [0.2, 0.25) is 0 Å². The average Bonchev–Trinajstić information content (AvgIpc) is 3.01. The zero-order valence-corrected chi connectivity index (χ0v) is 31.2. The third-order valence-corrected chi connectivity index (χ3v) is 7.48. The van der Waals surface area contributed by atoms with Crippen LogP contribution >= 0.6 is 0 Å². The summed E-state index contributed by atoms with van der Waals surface area (Å²) >= 11 is 0. The normalized spacial score (nSPS) is 12.3. The van der Waals surface area contributed by atoms with Gasteiger partial charge < -0.3 is 35.2 Å². The van der Waals surface area contributed by atoms with Crippen molar-refractivity contribution in [2.75, 3.05) is 33.8 Å². The molecule has 0 heterocycles. The minimum atomic E-state index is -0.833. The minimum absolute atomic E-state index is 0.00258. The first-order valence-corrected chi connectivity index (χ1v) is 16.9. The zero-order valence-electron chi connectivity index (χ0n) is 31.2. The lowest BCUT2D eigenvalue weighted by Crippen LogP contribution is -2.46. The van der Waals surface area contributed by atoms with Crippen LogP contribution < -0.4 is 11.1 Å². The molecule has 14 heteroatoms. The molecule has 0 aliphatic rings. The molecule has 1 rings (SSSR count). The molecule has 0 unspecified atom stereocenters. The Kier molecular flexibility index (Phi) is 18.8. The number of amides is 4. The Morgan fingerprint density at radius 1 is 0.900 bits per heavy atom. The number of oxime groups is 1. The second-order valence-corrected chi connectivity index (χ2v) is 14.0. The summed E-state index contributed by atoms with van der Waals surface area (Å²) in [5.41, 5.74) is 6.71. The molecule has 1 aromatic rings. The van der Waals surface area contributed by atoms with Crippen molar-refractivity contribution in [1.29, 1.82) is 0 Å². The van der Waals surface area contributed by atoms with E-state index in [1.165, 1.54) is 9.80 Å². The van der Waals surface area contributed by atoms with E-state index in [9.17, 15) is 28.8 Å². The monoisotopic (exact) mass is 703 g/mol. The standard InChI is InChI=1S/C36H57N5O9/c1-24(2)29(21-28(42)23-49-39-25(3)4)33(45)38-30(12-10-11-13-32(37)44)31(43)20-26-14-16-27(17-15-26)22-48-34(46)40(8)18-19-41(9)35(47)50-36(5,6)7/h14-17,24,29-30H,10-13,18-23H2,1-9H3,(H2,37,44)(H,38,45)/t29-,30-/m0/s1. The van der Waals surface area contributed by atoms with E-state index in [2.05, 4.69) is 10.5 Å². The Labute approximate surface area is 296 Å². The third kappa shape index (κ3) is 18.3. The van der Waals surface area contributed by atoms with Gasteiger partial charge in [0.15, 0.2) is 18.2 Å². The molecule has 0 spiro atoms. The largest absolute Gasteiger partial charge is 0.445 e. The van der Waals surface area contributed by atoms with Crippen molar-refractivity contribution in [2.45, 2.75) is 105 Å². The Hall–Kier alpha value is -4.49. The van der Waals surface area contributed by atoms with Crippen LogP contribution in [0, 0.1) is 11.8 Å². The first-order valence-electron chi connectivity index (χ1n) is 16.9. The molecule has 0 aliphatic heterocycles. The van der Waals surface area contributed by atoms with Crippen LogP contribution in [0.5, 0.6) is 0 Å². The average molecular weight is 704 g/mol. The van der Waals surface area contributed by atoms with E-state index >= 15 is 0 Å². The van der Waals surface area contributed by atoms with Crippen molar-refractivity contribution in [2.24, 2.45) is 22.7 Å². The molecule has 0 aromatic heterocycles. The van der Waals surface area contributed by atoms with Gasteiger partial charge in [0.25, 0.3) is 0 Å². The molecule has 4 amide bonds. The Morgan fingerprint density at radius 3 is 2.02 bits per heavy atom. The summed E-state index contributed by atoms with van der Waals surface area (Å²) in [4.78, 5) is 83.0. The van der Waals surface area contributed by atoms with Gasteiger partial charge in [-0.3, -0.25) is 19.2 Å². The Bertz CT molecular complexity index is 1320. The summed E-state index contributed by atoms with van der Waals surface area (Å²) < 4.78 is 10.7. The number of hydrogen-bond acceptors (Lipinski definition) is 10. The lowest BCUT2D eigenvalue weighted by Gasteiger charge is -2.26. The van der Waals surface area contributed by atoms with Gasteiger partial charge in [-0.15, -0.1) is 0 Å². The molecule has 0 bridgehead atoms. The minimum Gasteiger partial charge on any atom is -0.445 e. The molecule has 3 N–H and O–H groups in total. The highest BCUT2D eigenvalue weighted by Crippen LogP contribution is 2.18. The summed E-state index contributed by atoms with van der Waals surface area (Å²) in [6.07, 6.45) is 0.359. The van der Waals surface area contributed by atoms with E-state index in [0.717, 1.165) is 0 Å². The van der Waals surface area contributed by atoms with Gasteiger partial charge >= 0.3 is 12.2 Å². The van der Waals surface area contributed by atoms with Crippen molar-refractivity contribution in [3.8, 4) is 0 Å². The lowest BCUT2D eigenvalue weighted by molar-refractivity contribution is -0.134. The topological polar surface area (TPSA) is 187 Å². The van der Waals surface area contributed by atoms with E-state index in [1.807, 2.05) is 13.8 Å². The first-order chi connectivity index (χ1) is 23.3. The maximum absolute atomic E-state index is 13.5. The van der Waals surface area contributed by atoms with E-state index < -0.39 is 41.6 Å². The predicted molar refractivity (Wildman–Crippen MR) is 189 cm³/mol. The molecule has 1 aromatic carbocycles. The number of rotatable bonds is 21. The number of ether oxygens (including phenoxy) is 2. The van der Waals surface area contributed by atoms with Crippen LogP contribution in [-0.4, -0.2) is 96.5 Å². The van der Waals surface area contributed by atoms with Gasteiger partial charge in [0.2, 0.25) is 11.8 Å². The van der Waals surface area contributed by atoms with E-state index in [4.69, 9.17) is 20.0 Å². The number of primary amides is 1. The Balaban J connectivity index is 2.82. The predicted octanol–water partition coefficient (Wildman–Crippen LogP) is 4.41. The second kappa shape index (κ2) is 21.6. The van der Waals surface area contributed by atoms with Crippen molar-refractivity contribution >= 4 is 41.3 Å². The van der Waals surface area contributed by atoms with Gasteiger partial charge in [-0.1, -0.05) is 49.7 Å². The van der Waals surface area contributed by atoms with Crippen molar-refractivity contribution in [1.82, 2.24) is 15.1 Å². The van der Waals surface area contributed by atoms with Crippen LogP contribution in [0.25, 0.3) is 0 Å². The van der Waals surface area contributed by atoms with Gasteiger partial charge in [-0.2, -0.15) is 0 Å². The molecule has 0 saturated heterocycles. The molecular formula is C36H57N5O9. The fourth-order valence-corrected chi connectivity index (χ4v) is 4.56. The van der Waals surface area contributed by atoms with Gasteiger partial charge in [-0.25, -0.2) is 9.59 Å². The molecule has 0 fully saturated rings. The maximum Gasteiger partial charge on any atom is 0.410 e. The molecule has 14 nitrogen and oxygen atoms in total. The molecule has 0 aliphatic carbocycles. The number of ketones is 2. The van der Waals surface area contributed by atoms with Crippen LogP contribution in [0.4, 0.5) is 9.59 Å². The van der Waals surface area contributed by atoms with Crippen LogP contribution in [0.3, 0.4) is 0 Å². The number of nitrogens with zero attached hydrogens (tertiary/aromatic N) is 3. The fraction of sp³-hybridized carbons (Fsp3) is 0.639. The summed E-state index contributed by atoms with van der Waals surface area (Å²) in [6.45, 7) is 12.7. The van der Waals surface area contributed by atoms with E-state index in [1.54, 1.807) is 73.0 Å². The van der Waals surface area contributed by atoms with Gasteiger partial charge in [0.1, 0.15) is 12.2 Å². The number of nitrogens with one attached hydrogen (secondary N) is 1. The second-order valence-electron chi connectivity index (χ2n) is 14.0. The van der Waals surface area contributed by atoms with Gasteiger partial charge in [-0.05, 0) is 64.5 Å². The number of carbonyl (C=O) groups is 6. The van der Waals surface area contributed by atoms with Crippen molar-refractivity contribution < 1.29 is 43.1 Å². The highest BCUT2D eigenvalue weighted by molar-refractivity contribution is 5.93. The number of unbranched alkanes of at least 4 members (excludes halogenated alkanes) is 1. The van der Waals surface area contributed by atoms with Gasteiger partial charge in [0.05, 0.1) is 11.8 Å². The van der Waals surface area contributed by atoms with Crippen molar-refractivity contribution in [3.05, 3.63) is 35.4 Å². The molecular weight excluding hydrogens is 646 g/mol. The van der Waals surface area contributed by atoms with Crippen LogP contribution in [0.1, 0.15) is 91.7 Å². The number of hydrogen-bond donors (Lipinski definition) is 2. The fourth-order valence-electron chi connectivity index (χ4n) is 4.56. The maximum atomic E-state index is 13.5. The van der Waals surface area contributed by atoms with Gasteiger partial charge in [0, 0.05) is 52.4 Å². The number of benzene rings is 1. The van der Waals surface area contributed by atoms with Crippen molar-refractivity contribution in [3.63, 3.8) is 0 Å². The number of likely N-dealkylation sites (N-methyl/N-ethyl adjacent to an activating group) is 2. The van der Waals surface area contributed by atoms with Crippen LogP contribution in [-0.2, 0) is 46.5 Å². The molecule has 0 saturated carbocycles. The summed E-state index contributed by atoms with van der Waals surface area (Å²) in [5.74, 6) is -2.21. The third-order valence-electron chi connectivity index (χ3n) is 7.48. The quantitative estimate of drug-likeness (QED) is 0.106. The molecule has 50 heavy (non-hydrogen) atoms. The number of carbonyl (C=O) groups excluding carboxylic acids is 6. The number of Topliss-reactive ketones (excluding diaryl/α,β-unsaturated/α-hetero) is 2. The summed E-state index contributed by atoms with van der Waals surface area (Å²) in [7, 11) is 3.16. The lowest BCUT2D eigenvalue weighted by atomic mass is 9.89. The Morgan fingerprint density at radius 2 is 1.48 bits per heavy atom. The SMILES string of the molecule is CC(C)=NOCC(=O)C[C@H](C(=O)N[C@@H](CCCCC(N)=O)C(=O)Cc1ccc(COC(=O)N(C)CCN(C)C(=O)OC(C)(C)C)cc1)C(C)C. The molecule has 280 valence electrons. The van der Waals surface area contributed by atoms with E-state index in [0.29, 0.717) is 36.1 Å². The first kappa shape index (κ1) is 43.5. The highest BCUT2D eigenvalue weighted by atomic mass is 16.6. The molecule has 2 atom stereocenters.